The van der Waals surface area contributed by atoms with Crippen molar-refractivity contribution in [1.29, 1.82) is 0 Å². The molecule has 0 saturated heterocycles. The van der Waals surface area contributed by atoms with Crippen molar-refractivity contribution in [2.45, 2.75) is 38.1 Å². The van der Waals surface area contributed by atoms with Gasteiger partial charge in [-0.15, -0.1) is 0 Å². The Balaban J connectivity index is 1.83. The van der Waals surface area contributed by atoms with Gasteiger partial charge in [-0.2, -0.15) is 0 Å². The van der Waals surface area contributed by atoms with Gasteiger partial charge < -0.3 is 9.47 Å². The molecule has 0 fully saturated rings. The van der Waals surface area contributed by atoms with Crippen LogP contribution >= 0.6 is 0 Å². The number of rotatable bonds is 1. The molecule has 0 saturated carbocycles. The molecule has 124 valence electrons. The molecule has 0 aromatic heterocycles. The Labute approximate surface area is 141 Å². The lowest BCUT2D eigenvalue weighted by Crippen LogP contribution is -2.61. The lowest BCUT2D eigenvalue weighted by Gasteiger charge is -2.50. The van der Waals surface area contributed by atoms with Crippen LogP contribution in [0.25, 0.3) is 0 Å². The van der Waals surface area contributed by atoms with Gasteiger partial charge in [0.2, 0.25) is 11.6 Å². The van der Waals surface area contributed by atoms with Gasteiger partial charge in [0.1, 0.15) is 11.4 Å². The molecule has 0 unspecified atom stereocenters. The van der Waals surface area contributed by atoms with Crippen molar-refractivity contribution in [2.75, 3.05) is 6.54 Å². The summed E-state index contributed by atoms with van der Waals surface area (Å²) >= 11 is 0. The first-order valence-corrected chi connectivity index (χ1v) is 8.16. The molecule has 0 N–H and O–H groups in total. The number of aryl methyl sites for hydroxylation is 1. The molecule has 0 spiro atoms. The highest BCUT2D eigenvalue weighted by molar-refractivity contribution is 5.94. The van der Waals surface area contributed by atoms with Crippen molar-refractivity contribution in [1.82, 2.24) is 0 Å². The molecular formula is C20H20FNO2. The maximum absolute atomic E-state index is 15.9. The molecule has 3 nitrogen and oxygen atoms in total. The SMILES string of the molecule is Cc1ccc2c(c1)[C@H]1OC(c3ccccc3)=NC[C@@]1(F)C(C)(C)O2. The molecule has 4 heteroatoms. The minimum Gasteiger partial charge on any atom is -0.484 e. The van der Waals surface area contributed by atoms with Gasteiger partial charge in [0, 0.05) is 11.1 Å². The Hall–Kier alpha value is -2.36. The highest BCUT2D eigenvalue weighted by Gasteiger charge is 2.61. The third kappa shape index (κ3) is 2.13. The summed E-state index contributed by atoms with van der Waals surface area (Å²) in [6, 6.07) is 15.4. The molecule has 2 aliphatic heterocycles. The second kappa shape index (κ2) is 5.07. The topological polar surface area (TPSA) is 30.8 Å². The number of hydrogen-bond acceptors (Lipinski definition) is 3. The molecule has 2 heterocycles. The van der Waals surface area contributed by atoms with Crippen LogP contribution < -0.4 is 4.74 Å². The van der Waals surface area contributed by atoms with Crippen LogP contribution in [-0.4, -0.2) is 23.7 Å². The van der Waals surface area contributed by atoms with Crippen LogP contribution in [0.5, 0.6) is 5.75 Å². The maximum atomic E-state index is 15.9. The Morgan fingerprint density at radius 1 is 1.12 bits per heavy atom. The highest BCUT2D eigenvalue weighted by Crippen LogP contribution is 2.52. The number of fused-ring (bicyclic) bond motifs is 3. The van der Waals surface area contributed by atoms with Crippen molar-refractivity contribution in [3.63, 3.8) is 0 Å². The zero-order valence-electron chi connectivity index (χ0n) is 14.0. The van der Waals surface area contributed by atoms with Crippen LogP contribution in [0.2, 0.25) is 0 Å². The summed E-state index contributed by atoms with van der Waals surface area (Å²) in [5.74, 6) is 1.16. The van der Waals surface area contributed by atoms with E-state index in [9.17, 15) is 0 Å². The average Bonchev–Trinajstić information content (AvgIpc) is 2.57. The van der Waals surface area contributed by atoms with Gasteiger partial charge in [-0.3, -0.25) is 0 Å². The number of benzene rings is 2. The summed E-state index contributed by atoms with van der Waals surface area (Å²) in [7, 11) is 0. The van der Waals surface area contributed by atoms with E-state index in [4.69, 9.17) is 9.47 Å². The molecule has 2 aromatic rings. The maximum Gasteiger partial charge on any atom is 0.216 e. The van der Waals surface area contributed by atoms with Gasteiger partial charge >= 0.3 is 0 Å². The smallest absolute Gasteiger partial charge is 0.216 e. The Morgan fingerprint density at radius 3 is 2.62 bits per heavy atom. The largest absolute Gasteiger partial charge is 0.484 e. The zero-order chi connectivity index (χ0) is 16.9. The van der Waals surface area contributed by atoms with E-state index in [0.717, 1.165) is 16.7 Å². The number of nitrogens with zero attached hydrogens (tertiary/aromatic N) is 1. The van der Waals surface area contributed by atoms with Crippen molar-refractivity contribution in [3.8, 4) is 5.75 Å². The number of hydrogen-bond donors (Lipinski definition) is 0. The molecule has 0 amide bonds. The summed E-state index contributed by atoms with van der Waals surface area (Å²) in [4.78, 5) is 4.39. The van der Waals surface area contributed by atoms with Crippen LogP contribution in [0.4, 0.5) is 4.39 Å². The second-order valence-corrected chi connectivity index (χ2v) is 7.00. The summed E-state index contributed by atoms with van der Waals surface area (Å²) in [6.07, 6.45) is -0.733. The fourth-order valence-corrected chi connectivity index (χ4v) is 3.39. The predicted molar refractivity (Wildman–Crippen MR) is 91.4 cm³/mol. The van der Waals surface area contributed by atoms with Crippen molar-refractivity contribution in [3.05, 3.63) is 65.2 Å². The molecule has 4 rings (SSSR count). The standard InChI is InChI=1S/C20H20FNO2/c1-13-9-10-16-15(11-13)17-20(21,19(2,3)24-16)12-22-18(23-17)14-7-5-4-6-8-14/h4-11,17H,12H2,1-3H3/t17-,20+/m1/s1. The monoisotopic (exact) mass is 325 g/mol. The van der Waals surface area contributed by atoms with Crippen LogP contribution in [-0.2, 0) is 4.74 Å². The summed E-state index contributed by atoms with van der Waals surface area (Å²) in [5, 5.41) is 0. The van der Waals surface area contributed by atoms with Crippen LogP contribution in [0.1, 0.15) is 36.6 Å². The number of alkyl halides is 1. The fourth-order valence-electron chi connectivity index (χ4n) is 3.39. The molecule has 24 heavy (non-hydrogen) atoms. The van der Waals surface area contributed by atoms with Crippen molar-refractivity contribution < 1.29 is 13.9 Å². The quantitative estimate of drug-likeness (QED) is 0.778. The zero-order valence-corrected chi connectivity index (χ0v) is 14.0. The van der Waals surface area contributed by atoms with E-state index in [0.29, 0.717) is 11.6 Å². The molecule has 2 aliphatic rings. The molecule has 2 aromatic carbocycles. The predicted octanol–water partition coefficient (Wildman–Crippen LogP) is 4.39. The number of aliphatic imine (C=N–C) groups is 1. The van der Waals surface area contributed by atoms with Crippen LogP contribution in [0.15, 0.2) is 53.5 Å². The second-order valence-electron chi connectivity index (χ2n) is 7.00. The summed E-state index contributed by atoms with van der Waals surface area (Å²) in [5.41, 5.74) is -0.0810. The van der Waals surface area contributed by atoms with Gasteiger partial charge in [-0.05, 0) is 45.0 Å². The number of halogens is 1. The van der Waals surface area contributed by atoms with E-state index in [1.165, 1.54) is 0 Å². The van der Waals surface area contributed by atoms with Crippen LogP contribution in [0.3, 0.4) is 0 Å². The van der Waals surface area contributed by atoms with Gasteiger partial charge in [-0.25, -0.2) is 9.38 Å². The molecule has 0 radical (unpaired) electrons. The molecule has 0 bridgehead atoms. The first-order chi connectivity index (χ1) is 11.4. The fraction of sp³-hybridized carbons (Fsp3) is 0.350. The summed E-state index contributed by atoms with van der Waals surface area (Å²) in [6.45, 7) is 5.52. The van der Waals surface area contributed by atoms with Crippen LogP contribution in [0, 0.1) is 6.92 Å². The highest BCUT2D eigenvalue weighted by atomic mass is 19.1. The first kappa shape index (κ1) is 15.2. The van der Waals surface area contributed by atoms with E-state index in [2.05, 4.69) is 4.99 Å². The molecular weight excluding hydrogens is 305 g/mol. The van der Waals surface area contributed by atoms with E-state index in [1.807, 2.05) is 55.5 Å². The minimum absolute atomic E-state index is 0.0161. The third-order valence-electron chi connectivity index (χ3n) is 4.93. The van der Waals surface area contributed by atoms with E-state index < -0.39 is 17.4 Å². The minimum atomic E-state index is -1.72. The van der Waals surface area contributed by atoms with Gasteiger partial charge in [-0.1, -0.05) is 29.8 Å². The lowest BCUT2D eigenvalue weighted by atomic mass is 9.76. The Bertz CT molecular complexity index is 816. The van der Waals surface area contributed by atoms with Gasteiger partial charge in [0.15, 0.2) is 6.10 Å². The average molecular weight is 325 g/mol. The normalized spacial score (nSPS) is 27.2. The molecule has 0 aliphatic carbocycles. The van der Waals surface area contributed by atoms with E-state index in [-0.39, 0.29) is 6.54 Å². The third-order valence-corrected chi connectivity index (χ3v) is 4.93. The van der Waals surface area contributed by atoms with Gasteiger partial charge in [0.25, 0.3) is 0 Å². The first-order valence-electron chi connectivity index (χ1n) is 8.16. The summed E-state index contributed by atoms with van der Waals surface area (Å²) < 4.78 is 28.0. The molecule has 2 atom stereocenters. The van der Waals surface area contributed by atoms with E-state index in [1.54, 1.807) is 13.8 Å². The number of ether oxygens (including phenoxy) is 2. The van der Waals surface area contributed by atoms with Crippen molar-refractivity contribution >= 4 is 5.90 Å². The van der Waals surface area contributed by atoms with Crippen molar-refractivity contribution in [2.24, 2.45) is 4.99 Å². The van der Waals surface area contributed by atoms with E-state index >= 15 is 4.39 Å². The lowest BCUT2D eigenvalue weighted by molar-refractivity contribution is -0.142. The van der Waals surface area contributed by atoms with Gasteiger partial charge in [0.05, 0.1) is 6.54 Å². The Kier molecular flexibility index (Phi) is 3.21. The Morgan fingerprint density at radius 2 is 1.88 bits per heavy atom.